The summed E-state index contributed by atoms with van der Waals surface area (Å²) in [5.74, 6) is 0.251. The van der Waals surface area contributed by atoms with E-state index >= 15 is 0 Å². The Kier molecular flexibility index (Phi) is 11.2. The molecule has 0 spiro atoms. The van der Waals surface area contributed by atoms with Crippen molar-refractivity contribution in [3.8, 4) is 0 Å². The monoisotopic (exact) mass is 362 g/mol. The molecule has 0 bridgehead atoms. The predicted octanol–water partition coefficient (Wildman–Crippen LogP) is 2.54. The van der Waals surface area contributed by atoms with Crippen molar-refractivity contribution in [2.75, 3.05) is 24.6 Å². The van der Waals surface area contributed by atoms with Crippen molar-refractivity contribution >= 4 is 39.4 Å². The first kappa shape index (κ1) is 20.3. The zero-order valence-corrected chi connectivity index (χ0v) is 15.3. The second kappa shape index (κ2) is 12.7. The fourth-order valence-corrected chi connectivity index (χ4v) is 3.99. The zero-order valence-electron chi connectivity index (χ0n) is 13.7. The number of nitrogens with one attached hydrogen (secondary N) is 1. The van der Waals surface area contributed by atoms with Gasteiger partial charge in [0.05, 0.1) is 6.42 Å². The van der Waals surface area contributed by atoms with Gasteiger partial charge in [-0.25, -0.2) is 4.79 Å². The smallest absolute Gasteiger partial charge is 0.330 e. The largest absolute Gasteiger partial charge is 0.334 e. The number of amides is 2. The first-order valence-electron chi connectivity index (χ1n) is 8.17. The zero-order chi connectivity index (χ0) is 16.9. The van der Waals surface area contributed by atoms with E-state index in [0.717, 1.165) is 25.3 Å². The van der Waals surface area contributed by atoms with Crippen molar-refractivity contribution in [2.45, 2.75) is 51.9 Å². The Morgan fingerprint density at radius 3 is 2.43 bits per heavy atom. The summed E-state index contributed by atoms with van der Waals surface area (Å²) in [6, 6.07) is 0. The van der Waals surface area contributed by atoms with Crippen LogP contribution in [0.15, 0.2) is 0 Å². The lowest BCUT2D eigenvalue weighted by Crippen LogP contribution is -2.32. The summed E-state index contributed by atoms with van der Waals surface area (Å²) in [4.78, 5) is 38.9. The number of imide groups is 1. The highest BCUT2D eigenvalue weighted by Crippen LogP contribution is 2.23. The summed E-state index contributed by atoms with van der Waals surface area (Å²) < 4.78 is 0. The average Bonchev–Trinajstić information content (AvgIpc) is 2.84. The lowest BCUT2D eigenvalue weighted by molar-refractivity contribution is -0.197. The standard InChI is InChI=1S/C15H26N2O4S2/c1-2-3-4-9-16-10-5-11-22-23-12-8-15(20)21-17-13(18)6-7-14(17)19/h16H,2-12H2,1H3. The molecule has 0 aromatic carbocycles. The Balaban J connectivity index is 1.90. The number of unbranched alkanes of at least 4 members (excludes halogenated alkanes) is 2. The molecule has 1 N–H and O–H groups in total. The minimum atomic E-state index is -0.528. The molecule has 132 valence electrons. The van der Waals surface area contributed by atoms with Gasteiger partial charge in [-0.15, -0.1) is 5.06 Å². The normalized spacial score (nSPS) is 14.6. The van der Waals surface area contributed by atoms with E-state index in [-0.39, 0.29) is 19.3 Å². The second-order valence-corrected chi connectivity index (χ2v) is 7.95. The van der Waals surface area contributed by atoms with Gasteiger partial charge in [-0.1, -0.05) is 41.4 Å². The lowest BCUT2D eigenvalue weighted by atomic mass is 10.2. The van der Waals surface area contributed by atoms with Gasteiger partial charge >= 0.3 is 5.97 Å². The average molecular weight is 363 g/mol. The summed E-state index contributed by atoms with van der Waals surface area (Å²) >= 11 is 0. The van der Waals surface area contributed by atoms with Gasteiger partial charge in [0.1, 0.15) is 0 Å². The van der Waals surface area contributed by atoms with E-state index in [1.54, 1.807) is 21.6 Å². The summed E-state index contributed by atoms with van der Waals surface area (Å²) in [6.45, 7) is 4.31. The molecular weight excluding hydrogens is 336 g/mol. The van der Waals surface area contributed by atoms with Crippen LogP contribution in [0.3, 0.4) is 0 Å². The topological polar surface area (TPSA) is 75.7 Å². The van der Waals surface area contributed by atoms with Crippen molar-refractivity contribution in [2.24, 2.45) is 0 Å². The fourth-order valence-electron chi connectivity index (χ4n) is 1.93. The second-order valence-electron chi connectivity index (χ2n) is 5.25. The molecule has 0 aliphatic carbocycles. The summed E-state index contributed by atoms with van der Waals surface area (Å²) in [5, 5.41) is 4.01. The number of hydrogen-bond donors (Lipinski definition) is 1. The number of nitrogens with zero attached hydrogens (tertiary/aromatic N) is 1. The fraction of sp³-hybridized carbons (Fsp3) is 0.800. The molecule has 0 aromatic rings. The molecule has 1 saturated heterocycles. The van der Waals surface area contributed by atoms with E-state index in [1.165, 1.54) is 19.3 Å². The molecule has 1 aliphatic rings. The van der Waals surface area contributed by atoms with Crippen LogP contribution < -0.4 is 5.32 Å². The maximum Gasteiger partial charge on any atom is 0.334 e. The highest BCUT2D eigenvalue weighted by atomic mass is 33.1. The van der Waals surface area contributed by atoms with Crippen LogP contribution in [0.25, 0.3) is 0 Å². The molecule has 0 saturated carbocycles. The molecule has 1 heterocycles. The Morgan fingerprint density at radius 2 is 1.74 bits per heavy atom. The van der Waals surface area contributed by atoms with Gasteiger partial charge in [0.15, 0.2) is 0 Å². The minimum Gasteiger partial charge on any atom is -0.330 e. The van der Waals surface area contributed by atoms with Crippen molar-refractivity contribution < 1.29 is 19.2 Å². The van der Waals surface area contributed by atoms with Crippen molar-refractivity contribution in [3.05, 3.63) is 0 Å². The summed E-state index contributed by atoms with van der Waals surface area (Å²) in [7, 11) is 3.34. The third kappa shape index (κ3) is 9.22. The van der Waals surface area contributed by atoms with E-state index in [0.29, 0.717) is 10.8 Å². The molecule has 0 atom stereocenters. The first-order valence-corrected chi connectivity index (χ1v) is 10.7. The molecule has 6 nitrogen and oxygen atoms in total. The van der Waals surface area contributed by atoms with Crippen LogP contribution in [0.2, 0.25) is 0 Å². The Hall–Kier alpha value is -0.730. The van der Waals surface area contributed by atoms with Crippen LogP contribution in [0, 0.1) is 0 Å². The van der Waals surface area contributed by atoms with Gasteiger partial charge in [-0.2, -0.15) is 0 Å². The highest BCUT2D eigenvalue weighted by molar-refractivity contribution is 8.76. The molecule has 0 aromatic heterocycles. The molecule has 0 radical (unpaired) electrons. The van der Waals surface area contributed by atoms with Crippen LogP contribution in [-0.4, -0.2) is 47.4 Å². The van der Waals surface area contributed by atoms with Crippen LogP contribution >= 0.6 is 21.6 Å². The van der Waals surface area contributed by atoms with Crippen molar-refractivity contribution in [3.63, 3.8) is 0 Å². The quantitative estimate of drug-likeness (QED) is 0.306. The van der Waals surface area contributed by atoms with E-state index < -0.39 is 17.8 Å². The van der Waals surface area contributed by atoms with Gasteiger partial charge in [-0.3, -0.25) is 9.59 Å². The summed E-state index contributed by atoms with van der Waals surface area (Å²) in [5.41, 5.74) is 0. The summed E-state index contributed by atoms with van der Waals surface area (Å²) in [6.07, 6.45) is 5.32. The first-order chi connectivity index (χ1) is 11.1. The molecular formula is C15H26N2O4S2. The minimum absolute atomic E-state index is 0.128. The molecule has 1 fully saturated rings. The third-order valence-corrected chi connectivity index (χ3v) is 5.70. The van der Waals surface area contributed by atoms with E-state index in [9.17, 15) is 14.4 Å². The van der Waals surface area contributed by atoms with Crippen molar-refractivity contribution in [1.29, 1.82) is 0 Å². The van der Waals surface area contributed by atoms with Crippen LogP contribution in [0.5, 0.6) is 0 Å². The van der Waals surface area contributed by atoms with Gasteiger partial charge in [-0.05, 0) is 25.9 Å². The van der Waals surface area contributed by atoms with Crippen LogP contribution in [0.4, 0.5) is 0 Å². The number of carbonyl (C=O) groups excluding carboxylic acids is 3. The Morgan fingerprint density at radius 1 is 1.09 bits per heavy atom. The Bertz CT molecular complexity index is 378. The maximum absolute atomic E-state index is 11.5. The molecule has 23 heavy (non-hydrogen) atoms. The lowest BCUT2D eigenvalue weighted by Gasteiger charge is -2.12. The van der Waals surface area contributed by atoms with Gasteiger partial charge < -0.3 is 10.2 Å². The predicted molar refractivity (Wildman–Crippen MR) is 93.7 cm³/mol. The van der Waals surface area contributed by atoms with E-state index in [2.05, 4.69) is 12.2 Å². The molecule has 1 aliphatic heterocycles. The molecule has 0 unspecified atom stereocenters. The van der Waals surface area contributed by atoms with Gasteiger partial charge in [0, 0.05) is 24.3 Å². The maximum atomic E-state index is 11.5. The molecule has 1 rings (SSSR count). The van der Waals surface area contributed by atoms with Gasteiger partial charge in [0.25, 0.3) is 11.8 Å². The van der Waals surface area contributed by atoms with E-state index in [4.69, 9.17) is 4.84 Å². The van der Waals surface area contributed by atoms with Crippen LogP contribution in [0.1, 0.15) is 51.9 Å². The van der Waals surface area contributed by atoms with Crippen molar-refractivity contribution in [1.82, 2.24) is 10.4 Å². The number of rotatable bonds is 13. The Labute approximate surface area is 145 Å². The van der Waals surface area contributed by atoms with E-state index in [1.807, 2.05) is 0 Å². The van der Waals surface area contributed by atoms with Crippen LogP contribution in [-0.2, 0) is 19.2 Å². The number of hydrogen-bond acceptors (Lipinski definition) is 7. The SMILES string of the molecule is CCCCCNCCCSSCCC(=O)ON1C(=O)CCC1=O. The molecule has 8 heteroatoms. The molecule has 2 amide bonds. The van der Waals surface area contributed by atoms with Gasteiger partial charge in [0.2, 0.25) is 0 Å². The number of hydroxylamine groups is 2. The third-order valence-electron chi connectivity index (χ3n) is 3.21. The highest BCUT2D eigenvalue weighted by Gasteiger charge is 2.32. The number of carbonyl (C=O) groups is 3.